The number of allylic oxidation sites excluding steroid dienone is 4. The molecular weight excluding hydrogens is 474 g/mol. The predicted octanol–water partition coefficient (Wildman–Crippen LogP) is 3.64. The van der Waals surface area contributed by atoms with Gasteiger partial charge < -0.3 is 14.8 Å². The lowest BCUT2D eigenvalue weighted by atomic mass is 9.80. The molecule has 1 aromatic rings. The van der Waals surface area contributed by atoms with Crippen LogP contribution in [0.15, 0.2) is 58.3 Å². The van der Waals surface area contributed by atoms with E-state index in [0.29, 0.717) is 29.1 Å². The maximum absolute atomic E-state index is 13.2. The molecule has 2 N–H and O–H groups in total. The normalized spacial score (nSPS) is 16.7. The van der Waals surface area contributed by atoms with Crippen molar-refractivity contribution in [3.8, 4) is 0 Å². The van der Waals surface area contributed by atoms with Crippen LogP contribution in [0.1, 0.15) is 52.5 Å². The minimum absolute atomic E-state index is 0.0395. The van der Waals surface area contributed by atoms with Crippen molar-refractivity contribution >= 4 is 21.7 Å². The second-order valence-electron chi connectivity index (χ2n) is 8.40. The number of hydrogen-bond acceptors (Lipinski definition) is 8. The SMILES string of the molecule is CCCOCCOC(=O)C1=C(C)NC(C)=C(/C=C/S(=O)(=O)NC(C)C)C1c1cccc([N+](=O)[O-])c1. The number of carbonyl (C=O) groups is 1. The van der Waals surface area contributed by atoms with Crippen LogP contribution in [0.5, 0.6) is 0 Å². The molecule has 0 bridgehead atoms. The molecule has 0 fully saturated rings. The Kier molecular flexibility index (Phi) is 10.2. The van der Waals surface area contributed by atoms with Crippen molar-refractivity contribution in [3.63, 3.8) is 0 Å². The van der Waals surface area contributed by atoms with Gasteiger partial charge in [0, 0.05) is 47.5 Å². The molecule has 1 unspecified atom stereocenters. The number of dihydropyridines is 1. The van der Waals surface area contributed by atoms with Crippen LogP contribution in [0.3, 0.4) is 0 Å². The van der Waals surface area contributed by atoms with Gasteiger partial charge in [0.2, 0.25) is 10.0 Å². The monoisotopic (exact) mass is 507 g/mol. The van der Waals surface area contributed by atoms with Crippen molar-refractivity contribution in [2.75, 3.05) is 19.8 Å². The van der Waals surface area contributed by atoms with Crippen LogP contribution in [-0.2, 0) is 24.3 Å². The first kappa shape index (κ1) is 28.2. The molecule has 0 saturated carbocycles. The van der Waals surface area contributed by atoms with Crippen LogP contribution in [0.2, 0.25) is 0 Å². The van der Waals surface area contributed by atoms with Gasteiger partial charge in [-0.15, -0.1) is 0 Å². The zero-order chi connectivity index (χ0) is 26.2. The number of nitro groups is 1. The van der Waals surface area contributed by atoms with Crippen LogP contribution < -0.4 is 10.0 Å². The molecule has 1 aliphatic heterocycles. The van der Waals surface area contributed by atoms with E-state index in [4.69, 9.17) is 9.47 Å². The smallest absolute Gasteiger partial charge is 0.336 e. The number of hydrogen-bond donors (Lipinski definition) is 2. The molecular formula is C24H33N3O7S. The highest BCUT2D eigenvalue weighted by molar-refractivity contribution is 7.92. The summed E-state index contributed by atoms with van der Waals surface area (Å²) in [5.74, 6) is -1.40. The number of ether oxygens (including phenoxy) is 2. The largest absolute Gasteiger partial charge is 0.460 e. The maximum atomic E-state index is 13.2. The van der Waals surface area contributed by atoms with Crippen molar-refractivity contribution in [2.24, 2.45) is 0 Å². The number of carbonyl (C=O) groups excluding carboxylic acids is 1. The summed E-state index contributed by atoms with van der Waals surface area (Å²) in [6.45, 7) is 9.65. The molecule has 0 amide bonds. The number of benzene rings is 1. The number of nitrogens with one attached hydrogen (secondary N) is 2. The zero-order valence-electron chi connectivity index (χ0n) is 20.7. The third-order valence-electron chi connectivity index (χ3n) is 5.08. The van der Waals surface area contributed by atoms with E-state index in [9.17, 15) is 23.3 Å². The first-order valence-corrected chi connectivity index (χ1v) is 12.9. The topological polar surface area (TPSA) is 137 Å². The van der Waals surface area contributed by atoms with Crippen LogP contribution in [0.4, 0.5) is 5.69 Å². The number of rotatable bonds is 12. The summed E-state index contributed by atoms with van der Waals surface area (Å²) in [5, 5.41) is 15.6. The van der Waals surface area contributed by atoms with Gasteiger partial charge in [0.05, 0.1) is 17.1 Å². The summed E-state index contributed by atoms with van der Waals surface area (Å²) in [7, 11) is -3.75. The molecule has 0 aliphatic carbocycles. The number of nitro benzene ring substituents is 1. The Balaban J connectivity index is 2.52. The quantitative estimate of drug-likeness (QED) is 0.189. The van der Waals surface area contributed by atoms with Crippen LogP contribution in [-0.4, -0.2) is 45.2 Å². The van der Waals surface area contributed by atoms with Crippen molar-refractivity contribution < 1.29 is 27.6 Å². The van der Waals surface area contributed by atoms with Gasteiger partial charge in [-0.2, -0.15) is 0 Å². The van der Waals surface area contributed by atoms with E-state index >= 15 is 0 Å². The van der Waals surface area contributed by atoms with E-state index < -0.39 is 26.8 Å². The molecule has 0 spiro atoms. The Morgan fingerprint density at radius 3 is 2.57 bits per heavy atom. The van der Waals surface area contributed by atoms with Crippen molar-refractivity contribution in [1.29, 1.82) is 0 Å². The molecule has 11 heteroatoms. The van der Waals surface area contributed by atoms with Crippen LogP contribution in [0.25, 0.3) is 0 Å². The van der Waals surface area contributed by atoms with Crippen molar-refractivity contribution in [3.05, 3.63) is 74.0 Å². The Morgan fingerprint density at radius 1 is 1.23 bits per heavy atom. The molecule has 1 atom stereocenters. The number of nitrogens with zero attached hydrogens (tertiary/aromatic N) is 1. The fourth-order valence-electron chi connectivity index (χ4n) is 3.71. The lowest BCUT2D eigenvalue weighted by Gasteiger charge is -2.30. The average Bonchev–Trinajstić information content (AvgIpc) is 2.76. The highest BCUT2D eigenvalue weighted by Gasteiger charge is 2.34. The number of esters is 1. The summed E-state index contributed by atoms with van der Waals surface area (Å²) in [4.78, 5) is 24.0. The van der Waals surface area contributed by atoms with Gasteiger partial charge in [0.15, 0.2) is 0 Å². The molecule has 1 aromatic carbocycles. The van der Waals surface area contributed by atoms with E-state index in [-0.39, 0.29) is 30.5 Å². The van der Waals surface area contributed by atoms with Gasteiger partial charge in [-0.1, -0.05) is 19.1 Å². The average molecular weight is 508 g/mol. The highest BCUT2D eigenvalue weighted by Crippen LogP contribution is 2.40. The van der Waals surface area contributed by atoms with Crippen molar-refractivity contribution in [1.82, 2.24) is 10.0 Å². The first-order valence-electron chi connectivity index (χ1n) is 11.3. The first-order chi connectivity index (χ1) is 16.5. The molecule has 0 aromatic heterocycles. The summed E-state index contributed by atoms with van der Waals surface area (Å²) < 4.78 is 38.2. The van der Waals surface area contributed by atoms with Gasteiger partial charge in [0.25, 0.3) is 5.69 Å². The van der Waals surface area contributed by atoms with Gasteiger partial charge in [-0.05, 0) is 51.3 Å². The summed E-state index contributed by atoms with van der Waals surface area (Å²) >= 11 is 0. The number of sulfonamides is 1. The standard InChI is InChI=1S/C24H33N3O7S/c1-6-11-33-12-13-34-24(28)22-18(5)25-17(4)21(10-14-35(31,32)26-16(2)3)23(22)19-8-7-9-20(15-19)27(29)30/h7-10,14-16,23,25-26H,6,11-13H2,1-5H3/b14-10+. The number of non-ortho nitro benzene ring substituents is 1. The maximum Gasteiger partial charge on any atom is 0.336 e. The van der Waals surface area contributed by atoms with Gasteiger partial charge in [0.1, 0.15) is 6.61 Å². The molecule has 35 heavy (non-hydrogen) atoms. The van der Waals surface area contributed by atoms with Crippen LogP contribution in [0, 0.1) is 10.1 Å². The van der Waals surface area contributed by atoms with Gasteiger partial charge in [-0.3, -0.25) is 10.1 Å². The Hall–Kier alpha value is -3.02. The van der Waals surface area contributed by atoms with E-state index in [1.165, 1.54) is 24.3 Å². The van der Waals surface area contributed by atoms with E-state index in [1.54, 1.807) is 33.8 Å². The van der Waals surface area contributed by atoms with Crippen LogP contribution >= 0.6 is 0 Å². The summed E-state index contributed by atoms with van der Waals surface area (Å²) in [5.41, 5.74) is 2.15. The summed E-state index contributed by atoms with van der Waals surface area (Å²) in [6.07, 6.45) is 2.24. The Labute approximate surface area is 206 Å². The lowest BCUT2D eigenvalue weighted by molar-refractivity contribution is -0.384. The fraction of sp³-hybridized carbons (Fsp3) is 0.458. The molecule has 2 rings (SSSR count). The third-order valence-corrected chi connectivity index (χ3v) is 6.38. The van der Waals surface area contributed by atoms with E-state index in [0.717, 1.165) is 11.8 Å². The second-order valence-corrected chi connectivity index (χ2v) is 10.00. The lowest BCUT2D eigenvalue weighted by Crippen LogP contribution is -2.30. The molecule has 192 valence electrons. The molecule has 1 aliphatic rings. The molecule has 0 radical (unpaired) electrons. The van der Waals surface area contributed by atoms with E-state index in [1.807, 2.05) is 6.92 Å². The van der Waals surface area contributed by atoms with Crippen molar-refractivity contribution in [2.45, 2.75) is 53.0 Å². The Bertz CT molecular complexity index is 1140. The minimum atomic E-state index is -3.75. The zero-order valence-corrected chi connectivity index (χ0v) is 21.5. The second kappa shape index (κ2) is 12.6. The molecule has 0 saturated heterocycles. The molecule has 10 nitrogen and oxygen atoms in total. The Morgan fingerprint density at radius 2 is 1.94 bits per heavy atom. The van der Waals surface area contributed by atoms with Gasteiger partial charge in [-0.25, -0.2) is 17.9 Å². The highest BCUT2D eigenvalue weighted by atomic mass is 32.2. The predicted molar refractivity (Wildman–Crippen MR) is 133 cm³/mol. The fourth-order valence-corrected chi connectivity index (χ4v) is 4.78. The van der Waals surface area contributed by atoms with Gasteiger partial charge >= 0.3 is 5.97 Å². The molecule has 1 heterocycles. The third kappa shape index (κ3) is 8.01. The van der Waals surface area contributed by atoms with E-state index in [2.05, 4.69) is 10.0 Å². The minimum Gasteiger partial charge on any atom is -0.460 e. The summed E-state index contributed by atoms with van der Waals surface area (Å²) in [6, 6.07) is 5.62.